The van der Waals surface area contributed by atoms with Gasteiger partial charge in [0.1, 0.15) is 12.4 Å². The first kappa shape index (κ1) is 13.9. The highest BCUT2D eigenvalue weighted by atomic mass is 16.5. The molecule has 0 bridgehead atoms. The van der Waals surface area contributed by atoms with Crippen LogP contribution in [-0.2, 0) is 17.9 Å². The Bertz CT molecular complexity index is 443. The number of benzene rings is 1. The van der Waals surface area contributed by atoms with Gasteiger partial charge in [-0.3, -0.25) is 4.90 Å². The maximum absolute atomic E-state index is 9.25. The Kier molecular flexibility index (Phi) is 4.55. The molecule has 1 atom stereocenters. The largest absolute Gasteiger partial charge is 0.492 e. The Morgan fingerprint density at radius 2 is 2.25 bits per heavy atom. The van der Waals surface area contributed by atoms with Crippen molar-refractivity contribution in [1.82, 2.24) is 4.90 Å². The van der Waals surface area contributed by atoms with Crippen LogP contribution in [0.3, 0.4) is 0 Å². The average molecular weight is 277 g/mol. The lowest BCUT2D eigenvalue weighted by molar-refractivity contribution is 0.174. The summed E-state index contributed by atoms with van der Waals surface area (Å²) in [5.41, 5.74) is 2.15. The van der Waals surface area contributed by atoms with Gasteiger partial charge >= 0.3 is 0 Å². The summed E-state index contributed by atoms with van der Waals surface area (Å²) >= 11 is 0. The third-order valence-electron chi connectivity index (χ3n) is 4.24. The zero-order valence-electron chi connectivity index (χ0n) is 11.9. The fraction of sp³-hybridized carbons (Fsp3) is 0.625. The van der Waals surface area contributed by atoms with E-state index in [1.54, 1.807) is 0 Å². The van der Waals surface area contributed by atoms with E-state index < -0.39 is 0 Å². The van der Waals surface area contributed by atoms with E-state index in [2.05, 4.69) is 11.0 Å². The molecule has 0 radical (unpaired) electrons. The topological polar surface area (TPSA) is 41.9 Å². The Hall–Kier alpha value is -1.10. The average Bonchev–Trinajstić information content (AvgIpc) is 2.91. The van der Waals surface area contributed by atoms with Crippen LogP contribution in [0.25, 0.3) is 0 Å². The van der Waals surface area contributed by atoms with Crippen LogP contribution >= 0.6 is 0 Å². The fourth-order valence-corrected chi connectivity index (χ4v) is 2.97. The quantitative estimate of drug-likeness (QED) is 0.911. The number of aliphatic hydroxyl groups excluding tert-OH is 1. The van der Waals surface area contributed by atoms with E-state index >= 15 is 0 Å². The Morgan fingerprint density at radius 3 is 3.05 bits per heavy atom. The normalized spacial score (nSPS) is 23.1. The number of aliphatic hydroxyl groups is 1. The maximum atomic E-state index is 9.25. The summed E-state index contributed by atoms with van der Waals surface area (Å²) in [5, 5.41) is 9.25. The van der Waals surface area contributed by atoms with Crippen molar-refractivity contribution in [2.45, 2.75) is 26.0 Å². The smallest absolute Gasteiger partial charge is 0.123 e. The molecule has 1 fully saturated rings. The minimum Gasteiger partial charge on any atom is -0.492 e. The predicted molar refractivity (Wildman–Crippen MR) is 76.7 cm³/mol. The van der Waals surface area contributed by atoms with E-state index in [4.69, 9.17) is 9.47 Å². The van der Waals surface area contributed by atoms with Crippen molar-refractivity contribution in [3.05, 3.63) is 29.3 Å². The molecule has 0 amide bonds. The number of rotatable bonds is 4. The van der Waals surface area contributed by atoms with Crippen molar-refractivity contribution in [3.63, 3.8) is 0 Å². The standard InChI is InChI=1S/C16H23NO3/c18-11-14-1-2-16-15(9-14)10-17(6-8-20-16)5-3-13-4-7-19-12-13/h1-2,9,13,18H,3-8,10-12H2/t13-/m1/s1. The SMILES string of the molecule is OCc1ccc2c(c1)CN(CC[C@@H]1CCOC1)CCO2. The minimum absolute atomic E-state index is 0.0900. The molecule has 20 heavy (non-hydrogen) atoms. The molecule has 1 N–H and O–H groups in total. The Balaban J connectivity index is 1.62. The van der Waals surface area contributed by atoms with Crippen molar-refractivity contribution in [1.29, 1.82) is 0 Å². The van der Waals surface area contributed by atoms with Gasteiger partial charge in [0.15, 0.2) is 0 Å². The van der Waals surface area contributed by atoms with Gasteiger partial charge in [0.2, 0.25) is 0 Å². The first-order valence-electron chi connectivity index (χ1n) is 7.50. The molecule has 3 rings (SSSR count). The highest BCUT2D eigenvalue weighted by Crippen LogP contribution is 2.25. The lowest BCUT2D eigenvalue weighted by atomic mass is 10.0. The molecule has 2 heterocycles. The Labute approximate surface area is 120 Å². The molecule has 0 saturated carbocycles. The van der Waals surface area contributed by atoms with Crippen LogP contribution in [0.5, 0.6) is 5.75 Å². The van der Waals surface area contributed by atoms with Gasteiger partial charge in [-0.25, -0.2) is 0 Å². The summed E-state index contributed by atoms with van der Waals surface area (Å²) in [4.78, 5) is 2.45. The monoisotopic (exact) mass is 277 g/mol. The summed E-state index contributed by atoms with van der Waals surface area (Å²) < 4.78 is 11.2. The zero-order valence-corrected chi connectivity index (χ0v) is 11.9. The molecule has 4 heteroatoms. The molecular formula is C16H23NO3. The molecule has 1 aromatic rings. The number of ether oxygens (including phenoxy) is 2. The highest BCUT2D eigenvalue weighted by Gasteiger charge is 2.19. The first-order chi connectivity index (χ1) is 9.85. The van der Waals surface area contributed by atoms with Gasteiger partial charge in [-0.15, -0.1) is 0 Å². The minimum atomic E-state index is 0.0900. The molecule has 4 nitrogen and oxygen atoms in total. The van der Waals surface area contributed by atoms with Crippen LogP contribution in [-0.4, -0.2) is 42.9 Å². The fourth-order valence-electron chi connectivity index (χ4n) is 2.97. The molecule has 0 aliphatic carbocycles. The molecule has 0 spiro atoms. The molecule has 0 aromatic heterocycles. The lowest BCUT2D eigenvalue weighted by Crippen LogP contribution is -2.28. The van der Waals surface area contributed by atoms with Crippen molar-refractivity contribution < 1.29 is 14.6 Å². The number of fused-ring (bicyclic) bond motifs is 1. The van der Waals surface area contributed by atoms with E-state index in [1.165, 1.54) is 18.4 Å². The molecule has 0 unspecified atom stereocenters. The summed E-state index contributed by atoms with van der Waals surface area (Å²) in [6.07, 6.45) is 2.41. The maximum Gasteiger partial charge on any atom is 0.123 e. The second-order valence-electron chi connectivity index (χ2n) is 5.74. The third-order valence-corrected chi connectivity index (χ3v) is 4.24. The van der Waals surface area contributed by atoms with Crippen LogP contribution in [0, 0.1) is 5.92 Å². The van der Waals surface area contributed by atoms with Crippen molar-refractivity contribution >= 4 is 0 Å². The zero-order chi connectivity index (χ0) is 13.8. The van der Waals surface area contributed by atoms with Crippen molar-refractivity contribution in [2.75, 3.05) is 32.9 Å². The molecule has 110 valence electrons. The second-order valence-corrected chi connectivity index (χ2v) is 5.74. The van der Waals surface area contributed by atoms with Crippen LogP contribution in [0.1, 0.15) is 24.0 Å². The molecule has 1 aromatic carbocycles. The number of hydrogen-bond donors (Lipinski definition) is 1. The van der Waals surface area contributed by atoms with E-state index in [1.807, 2.05) is 12.1 Å². The van der Waals surface area contributed by atoms with Crippen molar-refractivity contribution in [2.24, 2.45) is 5.92 Å². The third kappa shape index (κ3) is 3.32. The summed E-state index contributed by atoms with van der Waals surface area (Å²) in [7, 11) is 0. The van der Waals surface area contributed by atoms with E-state index in [-0.39, 0.29) is 6.61 Å². The van der Waals surface area contributed by atoms with Gasteiger partial charge in [-0.2, -0.15) is 0 Å². The van der Waals surface area contributed by atoms with E-state index in [9.17, 15) is 5.11 Å². The molecule has 2 aliphatic heterocycles. The van der Waals surface area contributed by atoms with Crippen molar-refractivity contribution in [3.8, 4) is 5.75 Å². The van der Waals surface area contributed by atoms with E-state index in [0.717, 1.165) is 56.7 Å². The summed E-state index contributed by atoms with van der Waals surface area (Å²) in [5.74, 6) is 1.69. The second kappa shape index (κ2) is 6.57. The van der Waals surface area contributed by atoms with Crippen LogP contribution in [0.2, 0.25) is 0 Å². The number of hydrogen-bond acceptors (Lipinski definition) is 4. The summed E-state index contributed by atoms with van der Waals surface area (Å²) in [6.45, 7) is 5.67. The molecular weight excluding hydrogens is 254 g/mol. The van der Waals surface area contributed by atoms with E-state index in [0.29, 0.717) is 0 Å². The summed E-state index contributed by atoms with van der Waals surface area (Å²) in [6, 6.07) is 5.98. The number of nitrogens with zero attached hydrogens (tertiary/aromatic N) is 1. The van der Waals surface area contributed by atoms with Gasteiger partial charge < -0.3 is 14.6 Å². The van der Waals surface area contributed by atoms with Crippen LogP contribution in [0.15, 0.2) is 18.2 Å². The first-order valence-corrected chi connectivity index (χ1v) is 7.50. The lowest BCUT2D eigenvalue weighted by Gasteiger charge is -2.20. The van der Waals surface area contributed by atoms with Gasteiger partial charge in [-0.05, 0) is 43.0 Å². The predicted octanol–water partition coefficient (Wildman–Crippen LogP) is 1.80. The Morgan fingerprint density at radius 1 is 1.30 bits per heavy atom. The molecule has 2 aliphatic rings. The van der Waals surface area contributed by atoms with Crippen LogP contribution < -0.4 is 4.74 Å². The van der Waals surface area contributed by atoms with Gasteiger partial charge in [0.05, 0.1) is 6.61 Å². The highest BCUT2D eigenvalue weighted by molar-refractivity contribution is 5.37. The van der Waals surface area contributed by atoms with Crippen LogP contribution in [0.4, 0.5) is 0 Å². The van der Waals surface area contributed by atoms with Gasteiger partial charge in [-0.1, -0.05) is 6.07 Å². The van der Waals surface area contributed by atoms with Gasteiger partial charge in [0, 0.05) is 31.9 Å². The van der Waals surface area contributed by atoms with Gasteiger partial charge in [0.25, 0.3) is 0 Å². The molecule has 1 saturated heterocycles.